The van der Waals surface area contributed by atoms with E-state index in [9.17, 15) is 18.9 Å². The molecule has 2 saturated carbocycles. The normalized spacial score (nSPS) is 28.7. The first-order chi connectivity index (χ1) is 9.41. The fourth-order valence-corrected chi connectivity index (χ4v) is 5.80. The van der Waals surface area contributed by atoms with Crippen LogP contribution in [0.2, 0.25) is 0 Å². The SMILES string of the molecule is O=P(O)(OC1CCCCC1)P(=O)(O)OC1CCCCC1. The van der Waals surface area contributed by atoms with Crippen LogP contribution >= 0.6 is 14.6 Å². The minimum absolute atomic E-state index is 0.407. The molecule has 6 nitrogen and oxygen atoms in total. The fraction of sp³-hybridized carbons (Fsp3) is 1.00. The zero-order chi connectivity index (χ0) is 14.6. The summed E-state index contributed by atoms with van der Waals surface area (Å²) in [6.07, 6.45) is 7.66. The summed E-state index contributed by atoms with van der Waals surface area (Å²) >= 11 is 0. The van der Waals surface area contributed by atoms with Crippen LogP contribution < -0.4 is 0 Å². The van der Waals surface area contributed by atoms with Gasteiger partial charge in [0.1, 0.15) is 0 Å². The molecular formula is C12H24O6P2. The zero-order valence-corrected chi connectivity index (χ0v) is 13.4. The van der Waals surface area contributed by atoms with Crippen molar-refractivity contribution in [2.75, 3.05) is 0 Å². The van der Waals surface area contributed by atoms with Gasteiger partial charge in [0.05, 0.1) is 12.2 Å². The molecule has 0 spiro atoms. The molecule has 0 radical (unpaired) electrons. The molecule has 0 saturated heterocycles. The minimum Gasteiger partial charge on any atom is -0.316 e. The van der Waals surface area contributed by atoms with Crippen molar-refractivity contribution >= 4 is 14.6 Å². The van der Waals surface area contributed by atoms with E-state index in [1.54, 1.807) is 0 Å². The summed E-state index contributed by atoms with van der Waals surface area (Å²) in [7, 11) is -9.28. The fourth-order valence-electron chi connectivity index (χ4n) is 2.85. The third-order valence-corrected chi connectivity index (χ3v) is 8.26. The number of hydrogen-bond acceptors (Lipinski definition) is 4. The van der Waals surface area contributed by atoms with Gasteiger partial charge < -0.3 is 9.79 Å². The maximum absolute atomic E-state index is 12.1. The lowest BCUT2D eigenvalue weighted by atomic mass is 9.98. The summed E-state index contributed by atoms with van der Waals surface area (Å²) in [4.78, 5) is 19.6. The third-order valence-electron chi connectivity index (χ3n) is 4.00. The van der Waals surface area contributed by atoms with Crippen LogP contribution in [0.1, 0.15) is 64.2 Å². The second kappa shape index (κ2) is 7.04. The Hall–Kier alpha value is 0.300. The first-order valence-corrected chi connectivity index (χ1v) is 11.3. The first-order valence-electron chi connectivity index (χ1n) is 7.43. The molecule has 20 heavy (non-hydrogen) atoms. The average Bonchev–Trinajstić information content (AvgIpc) is 2.40. The highest BCUT2D eigenvalue weighted by atomic mass is 32.1. The van der Waals surface area contributed by atoms with Crippen molar-refractivity contribution in [2.24, 2.45) is 0 Å². The Kier molecular flexibility index (Phi) is 5.87. The van der Waals surface area contributed by atoms with Gasteiger partial charge in [0, 0.05) is 0 Å². The molecule has 2 unspecified atom stereocenters. The van der Waals surface area contributed by atoms with Gasteiger partial charge in [-0.25, -0.2) is 9.13 Å². The molecule has 2 N–H and O–H groups in total. The van der Waals surface area contributed by atoms with Gasteiger partial charge in [0.2, 0.25) is 0 Å². The molecule has 0 bridgehead atoms. The van der Waals surface area contributed by atoms with Crippen molar-refractivity contribution in [3.8, 4) is 0 Å². The van der Waals surface area contributed by atoms with Gasteiger partial charge in [-0.2, -0.15) is 0 Å². The van der Waals surface area contributed by atoms with E-state index < -0.39 is 26.8 Å². The minimum atomic E-state index is -4.64. The van der Waals surface area contributed by atoms with Crippen molar-refractivity contribution in [1.29, 1.82) is 0 Å². The van der Waals surface area contributed by atoms with Crippen molar-refractivity contribution in [1.82, 2.24) is 0 Å². The van der Waals surface area contributed by atoms with E-state index in [1.165, 1.54) is 0 Å². The van der Waals surface area contributed by atoms with Gasteiger partial charge in [0.15, 0.2) is 0 Å². The molecule has 0 aromatic carbocycles. The monoisotopic (exact) mass is 326 g/mol. The lowest BCUT2D eigenvalue weighted by molar-refractivity contribution is 0.118. The van der Waals surface area contributed by atoms with E-state index in [2.05, 4.69) is 0 Å². The van der Waals surface area contributed by atoms with Crippen molar-refractivity contribution < 1.29 is 28.0 Å². The molecule has 2 rings (SSSR count). The largest absolute Gasteiger partial charge is 0.438 e. The van der Waals surface area contributed by atoms with Crippen molar-refractivity contribution in [3.63, 3.8) is 0 Å². The summed E-state index contributed by atoms with van der Waals surface area (Å²) in [6.45, 7) is 0. The molecule has 0 heterocycles. The van der Waals surface area contributed by atoms with E-state index in [4.69, 9.17) is 9.05 Å². The molecule has 118 valence electrons. The number of hydrogen-bond donors (Lipinski definition) is 2. The van der Waals surface area contributed by atoms with Crippen LogP contribution in [0.4, 0.5) is 0 Å². The van der Waals surface area contributed by atoms with E-state index >= 15 is 0 Å². The van der Waals surface area contributed by atoms with Crippen LogP contribution in [-0.2, 0) is 18.2 Å². The summed E-state index contributed by atoms with van der Waals surface area (Å²) in [5.74, 6) is 0. The second-order valence-corrected chi connectivity index (χ2v) is 11.1. The molecule has 2 aliphatic carbocycles. The Bertz CT molecular complexity index is 363. The predicted molar refractivity (Wildman–Crippen MR) is 75.6 cm³/mol. The lowest BCUT2D eigenvalue weighted by Gasteiger charge is -2.29. The molecule has 2 atom stereocenters. The Labute approximate surface area is 119 Å². The van der Waals surface area contributed by atoms with Gasteiger partial charge in [-0.05, 0) is 25.7 Å². The van der Waals surface area contributed by atoms with Gasteiger partial charge in [0.25, 0.3) is 0 Å². The quantitative estimate of drug-likeness (QED) is 0.743. The third kappa shape index (κ3) is 4.40. The molecule has 2 aliphatic rings. The smallest absolute Gasteiger partial charge is 0.316 e. The molecule has 0 amide bonds. The standard InChI is InChI=1S/C12H24O6P2/c13-19(14,17-11-7-3-1-4-8-11)20(15,16)18-12-9-5-2-6-10-12/h11-12H,1-10H2,(H,13,14)(H,15,16). The molecule has 0 aromatic heterocycles. The Morgan fingerprint density at radius 2 is 0.950 bits per heavy atom. The highest BCUT2D eigenvalue weighted by Gasteiger charge is 2.48. The van der Waals surface area contributed by atoms with E-state index in [0.29, 0.717) is 25.7 Å². The summed E-state index contributed by atoms with van der Waals surface area (Å²) in [6, 6.07) is 0. The lowest BCUT2D eigenvalue weighted by Crippen LogP contribution is -2.18. The van der Waals surface area contributed by atoms with Crippen molar-refractivity contribution in [3.05, 3.63) is 0 Å². The molecule has 8 heteroatoms. The summed E-state index contributed by atoms with van der Waals surface area (Å²) < 4.78 is 34.3. The van der Waals surface area contributed by atoms with Crippen LogP contribution in [0.25, 0.3) is 0 Å². The summed E-state index contributed by atoms with van der Waals surface area (Å²) in [5, 5.41) is 0. The summed E-state index contributed by atoms with van der Waals surface area (Å²) in [5.41, 5.74) is 0. The van der Waals surface area contributed by atoms with Crippen LogP contribution in [-0.4, -0.2) is 22.0 Å². The van der Waals surface area contributed by atoms with E-state index in [0.717, 1.165) is 38.5 Å². The second-order valence-electron chi connectivity index (χ2n) is 5.71. The highest BCUT2D eigenvalue weighted by molar-refractivity contribution is 8.26. The van der Waals surface area contributed by atoms with Crippen LogP contribution in [0.15, 0.2) is 0 Å². The molecular weight excluding hydrogens is 302 g/mol. The maximum Gasteiger partial charge on any atom is 0.438 e. The van der Waals surface area contributed by atoms with Gasteiger partial charge in [-0.15, -0.1) is 0 Å². The van der Waals surface area contributed by atoms with E-state index in [1.807, 2.05) is 0 Å². The van der Waals surface area contributed by atoms with Gasteiger partial charge in [-0.3, -0.25) is 9.05 Å². The number of rotatable bonds is 5. The van der Waals surface area contributed by atoms with Gasteiger partial charge in [-0.1, -0.05) is 38.5 Å². The first kappa shape index (κ1) is 16.7. The van der Waals surface area contributed by atoms with Gasteiger partial charge >= 0.3 is 14.6 Å². The van der Waals surface area contributed by atoms with Crippen LogP contribution in [0.5, 0.6) is 0 Å². The Morgan fingerprint density at radius 3 is 1.25 bits per heavy atom. The molecule has 0 aromatic rings. The Balaban J connectivity index is 1.94. The van der Waals surface area contributed by atoms with Crippen LogP contribution in [0.3, 0.4) is 0 Å². The van der Waals surface area contributed by atoms with E-state index in [-0.39, 0.29) is 0 Å². The van der Waals surface area contributed by atoms with Crippen LogP contribution in [0, 0.1) is 0 Å². The zero-order valence-electron chi connectivity index (χ0n) is 11.6. The highest BCUT2D eigenvalue weighted by Crippen LogP contribution is 2.79. The maximum atomic E-state index is 12.1. The van der Waals surface area contributed by atoms with Crippen molar-refractivity contribution in [2.45, 2.75) is 76.4 Å². The Morgan fingerprint density at radius 1 is 0.650 bits per heavy atom. The molecule has 0 aliphatic heterocycles. The topological polar surface area (TPSA) is 93.1 Å². The average molecular weight is 326 g/mol. The predicted octanol–water partition coefficient (Wildman–Crippen LogP) is 3.97. The molecule has 2 fully saturated rings.